The molecule has 1 aromatic rings. The maximum Gasteiger partial charge on any atom is 0.0485 e. The van der Waals surface area contributed by atoms with Crippen LogP contribution in [0.25, 0.3) is 0 Å². The Bertz CT molecular complexity index is 326. The van der Waals surface area contributed by atoms with Gasteiger partial charge in [0.2, 0.25) is 0 Å². The zero-order chi connectivity index (χ0) is 12.5. The SMILES string of the molecule is CNC(C)CCCCS(=O)Cc1ccccc1. The van der Waals surface area contributed by atoms with Crippen molar-refractivity contribution in [3.8, 4) is 0 Å². The van der Waals surface area contributed by atoms with Crippen molar-refractivity contribution < 1.29 is 4.21 Å². The molecule has 0 heterocycles. The molecule has 0 radical (unpaired) electrons. The van der Waals surface area contributed by atoms with E-state index in [1.807, 2.05) is 37.4 Å². The van der Waals surface area contributed by atoms with E-state index < -0.39 is 10.8 Å². The Balaban J connectivity index is 2.14. The molecule has 0 saturated carbocycles. The predicted octanol–water partition coefficient (Wildman–Crippen LogP) is 2.71. The van der Waals surface area contributed by atoms with Crippen molar-refractivity contribution in [1.82, 2.24) is 5.32 Å². The molecule has 0 fully saturated rings. The van der Waals surface area contributed by atoms with Gasteiger partial charge in [-0.05, 0) is 32.4 Å². The molecule has 1 N–H and O–H groups in total. The average Bonchev–Trinajstić information content (AvgIpc) is 2.35. The third-order valence-corrected chi connectivity index (χ3v) is 4.32. The van der Waals surface area contributed by atoms with E-state index in [-0.39, 0.29) is 0 Å². The summed E-state index contributed by atoms with van der Waals surface area (Å²) in [5.41, 5.74) is 1.18. The van der Waals surface area contributed by atoms with E-state index in [1.165, 1.54) is 12.0 Å². The fraction of sp³-hybridized carbons (Fsp3) is 0.571. The molecule has 0 amide bonds. The van der Waals surface area contributed by atoms with Crippen LogP contribution in [0.4, 0.5) is 0 Å². The first kappa shape index (κ1) is 14.4. The average molecular weight is 253 g/mol. The first-order chi connectivity index (χ1) is 8.22. The van der Waals surface area contributed by atoms with Gasteiger partial charge in [-0.1, -0.05) is 36.8 Å². The Hall–Kier alpha value is -0.670. The molecule has 0 aliphatic carbocycles. The molecule has 0 spiro atoms. The summed E-state index contributed by atoms with van der Waals surface area (Å²) in [5, 5.41) is 3.22. The van der Waals surface area contributed by atoms with E-state index in [2.05, 4.69) is 12.2 Å². The smallest absolute Gasteiger partial charge is 0.0485 e. The maximum absolute atomic E-state index is 11.8. The van der Waals surface area contributed by atoms with Crippen molar-refractivity contribution in [1.29, 1.82) is 0 Å². The van der Waals surface area contributed by atoms with Crippen LogP contribution >= 0.6 is 0 Å². The summed E-state index contributed by atoms with van der Waals surface area (Å²) >= 11 is 0. The van der Waals surface area contributed by atoms with E-state index in [1.54, 1.807) is 0 Å². The summed E-state index contributed by atoms with van der Waals surface area (Å²) in [6.45, 7) is 2.18. The molecule has 3 heteroatoms. The molecule has 0 aliphatic rings. The summed E-state index contributed by atoms with van der Waals surface area (Å²) in [4.78, 5) is 0. The zero-order valence-corrected chi connectivity index (χ0v) is 11.6. The molecule has 96 valence electrons. The van der Waals surface area contributed by atoms with E-state index >= 15 is 0 Å². The van der Waals surface area contributed by atoms with Crippen LogP contribution in [0.15, 0.2) is 30.3 Å². The Morgan fingerprint density at radius 2 is 1.94 bits per heavy atom. The van der Waals surface area contributed by atoms with Gasteiger partial charge in [-0.15, -0.1) is 0 Å². The van der Waals surface area contributed by atoms with Gasteiger partial charge in [0, 0.05) is 28.3 Å². The molecular weight excluding hydrogens is 230 g/mol. The Morgan fingerprint density at radius 1 is 1.24 bits per heavy atom. The van der Waals surface area contributed by atoms with Crippen molar-refractivity contribution in [3.05, 3.63) is 35.9 Å². The van der Waals surface area contributed by atoms with Gasteiger partial charge in [-0.3, -0.25) is 4.21 Å². The van der Waals surface area contributed by atoms with E-state index in [0.717, 1.165) is 18.6 Å². The fourth-order valence-electron chi connectivity index (χ4n) is 1.69. The van der Waals surface area contributed by atoms with Gasteiger partial charge in [0.05, 0.1) is 0 Å². The minimum Gasteiger partial charge on any atom is -0.317 e. The number of hydrogen-bond acceptors (Lipinski definition) is 2. The van der Waals surface area contributed by atoms with Gasteiger partial charge >= 0.3 is 0 Å². The zero-order valence-electron chi connectivity index (χ0n) is 10.8. The highest BCUT2D eigenvalue weighted by Gasteiger charge is 2.02. The van der Waals surface area contributed by atoms with Gasteiger partial charge in [0.25, 0.3) is 0 Å². The first-order valence-corrected chi connectivity index (χ1v) is 7.77. The van der Waals surface area contributed by atoms with Gasteiger partial charge in [0.15, 0.2) is 0 Å². The second-order valence-corrected chi connectivity index (χ2v) is 6.04. The lowest BCUT2D eigenvalue weighted by Crippen LogP contribution is -2.20. The van der Waals surface area contributed by atoms with Crippen molar-refractivity contribution >= 4 is 10.8 Å². The van der Waals surface area contributed by atoms with Crippen LogP contribution in [0.5, 0.6) is 0 Å². The lowest BCUT2D eigenvalue weighted by atomic mass is 10.1. The monoisotopic (exact) mass is 253 g/mol. The van der Waals surface area contributed by atoms with Crippen molar-refractivity contribution in [3.63, 3.8) is 0 Å². The molecule has 0 saturated heterocycles. The molecule has 1 aromatic carbocycles. The quantitative estimate of drug-likeness (QED) is 0.722. The van der Waals surface area contributed by atoms with Gasteiger partial charge in [-0.25, -0.2) is 0 Å². The number of hydrogen-bond donors (Lipinski definition) is 1. The Labute approximate surface area is 107 Å². The highest BCUT2D eigenvalue weighted by molar-refractivity contribution is 7.84. The molecule has 17 heavy (non-hydrogen) atoms. The van der Waals surface area contributed by atoms with E-state index in [4.69, 9.17) is 0 Å². The van der Waals surface area contributed by atoms with E-state index in [0.29, 0.717) is 11.8 Å². The van der Waals surface area contributed by atoms with Crippen LogP contribution in [0.2, 0.25) is 0 Å². The minimum absolute atomic E-state index is 0.567. The standard InChI is InChI=1S/C14H23NOS/c1-13(15-2)8-6-7-11-17(16)12-14-9-4-3-5-10-14/h3-5,9-10,13,15H,6-8,11-12H2,1-2H3. The summed E-state index contributed by atoms with van der Waals surface area (Å²) in [5.74, 6) is 1.52. The molecule has 0 aliphatic heterocycles. The summed E-state index contributed by atoms with van der Waals surface area (Å²) in [6, 6.07) is 10.6. The molecule has 2 unspecified atom stereocenters. The number of nitrogens with one attached hydrogen (secondary N) is 1. The Kier molecular flexibility index (Phi) is 7.13. The second kappa shape index (κ2) is 8.43. The van der Waals surface area contributed by atoms with Crippen LogP contribution in [-0.4, -0.2) is 23.1 Å². The topological polar surface area (TPSA) is 29.1 Å². The molecule has 2 nitrogen and oxygen atoms in total. The van der Waals surface area contributed by atoms with Crippen molar-refractivity contribution in [2.45, 2.75) is 38.0 Å². The third kappa shape index (κ3) is 6.59. The molecular formula is C14H23NOS. The molecule has 1 rings (SSSR count). The fourth-order valence-corrected chi connectivity index (χ4v) is 2.92. The third-order valence-electron chi connectivity index (χ3n) is 2.92. The predicted molar refractivity (Wildman–Crippen MR) is 75.5 cm³/mol. The second-order valence-electron chi connectivity index (χ2n) is 4.46. The summed E-state index contributed by atoms with van der Waals surface area (Å²) in [6.07, 6.45) is 3.38. The maximum atomic E-state index is 11.8. The number of benzene rings is 1. The van der Waals surface area contributed by atoms with Crippen LogP contribution < -0.4 is 5.32 Å². The lowest BCUT2D eigenvalue weighted by Gasteiger charge is -2.09. The number of unbranched alkanes of at least 4 members (excludes halogenated alkanes) is 1. The summed E-state index contributed by atoms with van der Waals surface area (Å²) < 4.78 is 11.8. The summed E-state index contributed by atoms with van der Waals surface area (Å²) in [7, 11) is 1.28. The van der Waals surface area contributed by atoms with E-state index in [9.17, 15) is 4.21 Å². The van der Waals surface area contributed by atoms with Crippen LogP contribution in [-0.2, 0) is 16.6 Å². The van der Waals surface area contributed by atoms with Crippen molar-refractivity contribution in [2.24, 2.45) is 0 Å². The van der Waals surface area contributed by atoms with Gasteiger partial charge < -0.3 is 5.32 Å². The first-order valence-electron chi connectivity index (χ1n) is 6.28. The van der Waals surface area contributed by atoms with Crippen LogP contribution in [0, 0.1) is 0 Å². The Morgan fingerprint density at radius 3 is 2.59 bits per heavy atom. The highest BCUT2D eigenvalue weighted by Crippen LogP contribution is 2.06. The van der Waals surface area contributed by atoms with Gasteiger partial charge in [-0.2, -0.15) is 0 Å². The van der Waals surface area contributed by atoms with Gasteiger partial charge in [0.1, 0.15) is 0 Å². The number of rotatable bonds is 8. The minimum atomic E-state index is -0.708. The largest absolute Gasteiger partial charge is 0.317 e. The molecule has 2 atom stereocenters. The molecule has 0 bridgehead atoms. The van der Waals surface area contributed by atoms with Crippen LogP contribution in [0.3, 0.4) is 0 Å². The van der Waals surface area contributed by atoms with Crippen LogP contribution in [0.1, 0.15) is 31.7 Å². The highest BCUT2D eigenvalue weighted by atomic mass is 32.2. The molecule has 0 aromatic heterocycles. The normalized spacial score (nSPS) is 14.5. The van der Waals surface area contributed by atoms with Crippen molar-refractivity contribution in [2.75, 3.05) is 12.8 Å². The lowest BCUT2D eigenvalue weighted by molar-refractivity contribution is 0.537.